The first-order valence-electron chi connectivity index (χ1n) is 21.7. The number of benzene rings is 3. The lowest BCUT2D eigenvalue weighted by Crippen LogP contribution is -2.49. The lowest BCUT2D eigenvalue weighted by atomic mass is 10.0. The highest BCUT2D eigenvalue weighted by Crippen LogP contribution is 2.37. The van der Waals surface area contributed by atoms with E-state index >= 15 is 0 Å². The summed E-state index contributed by atoms with van der Waals surface area (Å²) < 4.78 is 10.7. The van der Waals surface area contributed by atoms with Crippen molar-refractivity contribution in [2.45, 2.75) is 36.6 Å². The van der Waals surface area contributed by atoms with Gasteiger partial charge in [-0.05, 0) is 116 Å². The fourth-order valence-electron chi connectivity index (χ4n) is 6.27. The van der Waals surface area contributed by atoms with Gasteiger partial charge in [0.05, 0.1) is 89.0 Å². The van der Waals surface area contributed by atoms with Gasteiger partial charge in [0.15, 0.2) is 0 Å². The van der Waals surface area contributed by atoms with E-state index in [-0.39, 0.29) is 85.8 Å². The van der Waals surface area contributed by atoms with Crippen LogP contribution in [0, 0.1) is 10.7 Å². The van der Waals surface area contributed by atoms with Crippen LogP contribution in [0.4, 0.5) is 27.5 Å². The molecule has 0 bridgehead atoms. The van der Waals surface area contributed by atoms with Crippen molar-refractivity contribution in [3.05, 3.63) is 88.8 Å². The SMILES string of the molecule is C=CONc1ccc(NC(=O)Nc2ccc(C(=O)NCC(=O)Nc3c(I)c(C(=O)N(CCOCCO)CC(O)C(O)C(O)CO)c(I)c(C(=O)N(CCOCCO)CC(O)C(O)C(O)CO)c3I)cc2)cc1. The smallest absolute Gasteiger partial charge is 0.323 e. The Hall–Kier alpha value is -4.14. The maximum Gasteiger partial charge on any atom is 0.323 e. The predicted molar refractivity (Wildman–Crippen MR) is 284 cm³/mol. The van der Waals surface area contributed by atoms with Gasteiger partial charge in [-0.3, -0.25) is 19.2 Å². The summed E-state index contributed by atoms with van der Waals surface area (Å²) in [6.07, 6.45) is -9.98. The molecule has 0 heterocycles. The van der Waals surface area contributed by atoms with E-state index in [0.29, 0.717) is 17.1 Å². The molecular formula is C44H58I3N7O18. The number of hydrogen-bond acceptors (Lipinski definition) is 19. The number of nitrogens with zero attached hydrogens (tertiary/aromatic N) is 2. The Labute approximate surface area is 453 Å². The number of nitrogens with one attached hydrogen (secondary N) is 5. The summed E-state index contributed by atoms with van der Waals surface area (Å²) in [6, 6.07) is 11.7. The first-order chi connectivity index (χ1) is 34.3. The van der Waals surface area contributed by atoms with Crippen molar-refractivity contribution < 1.29 is 89.3 Å². The molecule has 0 aromatic heterocycles. The van der Waals surface area contributed by atoms with E-state index in [2.05, 4.69) is 33.3 Å². The van der Waals surface area contributed by atoms with Gasteiger partial charge in [0, 0.05) is 46.7 Å². The van der Waals surface area contributed by atoms with E-state index in [1.807, 2.05) is 0 Å². The normalized spacial score (nSPS) is 13.6. The van der Waals surface area contributed by atoms with Gasteiger partial charge in [-0.1, -0.05) is 6.58 Å². The second kappa shape index (κ2) is 32.2. The number of aliphatic hydroxyl groups is 10. The number of amides is 6. The van der Waals surface area contributed by atoms with Crippen LogP contribution in [0.3, 0.4) is 0 Å². The van der Waals surface area contributed by atoms with Crippen LogP contribution in [0.2, 0.25) is 0 Å². The van der Waals surface area contributed by atoms with Crippen molar-refractivity contribution in [1.29, 1.82) is 0 Å². The molecule has 0 aliphatic rings. The molecule has 0 fully saturated rings. The summed E-state index contributed by atoms with van der Waals surface area (Å²) in [7, 11) is 0. The van der Waals surface area contributed by atoms with Crippen molar-refractivity contribution in [3.63, 3.8) is 0 Å². The summed E-state index contributed by atoms with van der Waals surface area (Å²) in [5.74, 6) is -3.37. The lowest BCUT2D eigenvalue weighted by Gasteiger charge is -2.31. The zero-order valence-corrected chi connectivity index (χ0v) is 44.8. The molecule has 3 aromatic rings. The molecule has 0 radical (unpaired) electrons. The van der Waals surface area contributed by atoms with E-state index in [0.717, 1.165) is 9.80 Å². The summed E-state index contributed by atoms with van der Waals surface area (Å²) >= 11 is 5.20. The summed E-state index contributed by atoms with van der Waals surface area (Å²) in [5, 5.41) is 111. The minimum Gasteiger partial charge on any atom is -0.394 e. The Bertz CT molecular complexity index is 2170. The van der Waals surface area contributed by atoms with Gasteiger partial charge in [0.2, 0.25) is 5.91 Å². The second-order valence-corrected chi connectivity index (χ2v) is 18.4. The fraction of sp³-hybridized carbons (Fsp3) is 0.432. The minimum absolute atomic E-state index is 0.0351. The molecule has 0 aliphatic heterocycles. The lowest BCUT2D eigenvalue weighted by molar-refractivity contribution is -0.115. The molecule has 6 atom stereocenters. The van der Waals surface area contributed by atoms with Crippen LogP contribution in [0.1, 0.15) is 31.1 Å². The van der Waals surface area contributed by atoms with Crippen LogP contribution in [0.5, 0.6) is 0 Å². The topological polar surface area (TPSA) is 382 Å². The Kier molecular flexibility index (Phi) is 27.8. The number of ether oxygens (including phenoxy) is 2. The Morgan fingerprint density at radius 2 is 1.03 bits per heavy atom. The number of aliphatic hydroxyl groups excluding tert-OH is 10. The third kappa shape index (κ3) is 19.0. The zero-order valence-electron chi connectivity index (χ0n) is 38.3. The van der Waals surface area contributed by atoms with Gasteiger partial charge in [-0.2, -0.15) is 0 Å². The minimum atomic E-state index is -1.94. The van der Waals surface area contributed by atoms with Crippen LogP contribution >= 0.6 is 67.8 Å². The molecule has 6 unspecified atom stereocenters. The number of anilines is 4. The monoisotopic (exact) mass is 1350 g/mol. The maximum absolute atomic E-state index is 14.7. The molecule has 0 spiro atoms. The first-order valence-corrected chi connectivity index (χ1v) is 24.9. The van der Waals surface area contributed by atoms with Gasteiger partial charge in [-0.25, -0.2) is 10.3 Å². The van der Waals surface area contributed by atoms with Crippen LogP contribution in [-0.2, 0) is 19.1 Å². The van der Waals surface area contributed by atoms with Crippen molar-refractivity contribution in [2.24, 2.45) is 0 Å². The first kappa shape index (κ1) is 62.2. The number of hydrogen-bond donors (Lipinski definition) is 15. The van der Waals surface area contributed by atoms with Crippen molar-refractivity contribution in [3.8, 4) is 0 Å². The summed E-state index contributed by atoms with van der Waals surface area (Å²) in [6.45, 7) is -2.53. The Morgan fingerprint density at radius 1 is 0.597 bits per heavy atom. The largest absolute Gasteiger partial charge is 0.394 e. The highest BCUT2D eigenvalue weighted by atomic mass is 127. The van der Waals surface area contributed by atoms with Crippen LogP contribution in [0.25, 0.3) is 0 Å². The second-order valence-electron chi connectivity index (χ2n) is 15.2. The molecule has 3 aromatic carbocycles. The average molecular weight is 1350 g/mol. The number of rotatable bonds is 31. The van der Waals surface area contributed by atoms with E-state index in [4.69, 9.17) is 14.3 Å². The van der Waals surface area contributed by atoms with Gasteiger partial charge in [0.25, 0.3) is 17.7 Å². The molecule has 0 saturated carbocycles. The number of carbonyl (C=O) groups excluding carboxylic acids is 5. The highest BCUT2D eigenvalue weighted by molar-refractivity contribution is 14.1. The molecule has 6 amide bonds. The van der Waals surface area contributed by atoms with Gasteiger partial charge < -0.3 is 96.4 Å². The average Bonchev–Trinajstić information content (AvgIpc) is 3.37. The van der Waals surface area contributed by atoms with E-state index in [1.54, 1.807) is 92.0 Å². The van der Waals surface area contributed by atoms with Crippen LogP contribution in [0.15, 0.2) is 61.4 Å². The zero-order chi connectivity index (χ0) is 53.5. The Morgan fingerprint density at radius 3 is 1.44 bits per heavy atom. The van der Waals surface area contributed by atoms with Crippen molar-refractivity contribution in [2.75, 3.05) is 107 Å². The van der Waals surface area contributed by atoms with Crippen molar-refractivity contribution in [1.82, 2.24) is 15.1 Å². The molecule has 3 rings (SSSR count). The summed E-state index contributed by atoms with van der Waals surface area (Å²) in [4.78, 5) is 76.0. The highest BCUT2D eigenvalue weighted by Gasteiger charge is 2.36. The summed E-state index contributed by atoms with van der Waals surface area (Å²) in [5.41, 5.74) is 3.52. The third-order valence-corrected chi connectivity index (χ3v) is 13.3. The van der Waals surface area contributed by atoms with Gasteiger partial charge >= 0.3 is 6.03 Å². The van der Waals surface area contributed by atoms with Crippen LogP contribution in [-0.4, -0.2) is 213 Å². The molecule has 72 heavy (non-hydrogen) atoms. The number of urea groups is 1. The molecule has 398 valence electrons. The maximum atomic E-state index is 14.7. The number of carbonyl (C=O) groups is 5. The van der Waals surface area contributed by atoms with Crippen molar-refractivity contribution >= 4 is 120 Å². The predicted octanol–water partition coefficient (Wildman–Crippen LogP) is -0.948. The van der Waals surface area contributed by atoms with Crippen LogP contribution < -0.4 is 26.7 Å². The van der Waals surface area contributed by atoms with Gasteiger partial charge in [0.1, 0.15) is 42.9 Å². The van der Waals surface area contributed by atoms with E-state index in [1.165, 1.54) is 30.5 Å². The molecule has 28 heteroatoms. The van der Waals surface area contributed by atoms with Gasteiger partial charge in [-0.15, -0.1) is 0 Å². The van der Waals surface area contributed by atoms with E-state index < -0.39 is 99.1 Å². The number of halogens is 3. The molecule has 0 aliphatic carbocycles. The Balaban J connectivity index is 2.00. The molecule has 0 saturated heterocycles. The quantitative estimate of drug-likeness (QED) is 0.0160. The fourth-order valence-corrected chi connectivity index (χ4v) is 10.6. The molecule has 15 N–H and O–H groups in total. The standard InChI is InChI=1S/C44H58I3N7O18/c1-2-72-52-27-9-7-26(8-10-27)50-44(69)49-25-5-3-24(4-6-25)41(66)48-19-32(63)51-38-36(46)33(42(67)53(11-15-70-17-13-55)20-28(59)39(64)30(61)22-57)35(45)34(37(38)47)43(68)54(12-16-71-18-14-56)21-29(60)40(65)31(62)23-58/h2-10,28-31,39-40,52,55-62,64-65H,1,11-23H2,(H,48,66)(H,51,63)(H2,49,50,69). The van der Waals surface area contributed by atoms with E-state index in [9.17, 15) is 75.0 Å². The molecule has 25 nitrogen and oxygen atoms in total. The molecular weight excluding hydrogens is 1300 g/mol. The third-order valence-electron chi connectivity index (χ3n) is 10.0.